The molecular weight excluding hydrogens is 320 g/mol. The first-order valence-electron chi connectivity index (χ1n) is 8.31. The molecule has 2 amide bonds. The average Bonchev–Trinajstić information content (AvgIpc) is 3.11. The van der Waals surface area contributed by atoms with Crippen LogP contribution < -0.4 is 15.4 Å². The molecule has 0 aliphatic carbocycles. The number of methoxy groups -OCH3 is 1. The molecule has 132 valence electrons. The first-order valence-corrected chi connectivity index (χ1v) is 8.31. The van der Waals surface area contributed by atoms with Gasteiger partial charge in [0, 0.05) is 37.3 Å². The molecule has 0 unspecified atom stereocenters. The Morgan fingerprint density at radius 3 is 2.96 bits per heavy atom. The fourth-order valence-corrected chi connectivity index (χ4v) is 2.95. The van der Waals surface area contributed by atoms with Gasteiger partial charge in [0.1, 0.15) is 6.10 Å². The van der Waals surface area contributed by atoms with Gasteiger partial charge in [-0.05, 0) is 36.6 Å². The van der Waals surface area contributed by atoms with Gasteiger partial charge in [-0.25, -0.2) is 9.78 Å². The van der Waals surface area contributed by atoms with Crippen molar-refractivity contribution in [3.05, 3.63) is 54.0 Å². The van der Waals surface area contributed by atoms with Crippen LogP contribution in [0.4, 0.5) is 4.79 Å². The lowest BCUT2D eigenvalue weighted by atomic mass is 10.0. The number of rotatable bonds is 6. The van der Waals surface area contributed by atoms with Crippen molar-refractivity contribution in [3.8, 4) is 5.88 Å². The third-order valence-electron chi connectivity index (χ3n) is 4.17. The van der Waals surface area contributed by atoms with Gasteiger partial charge in [0.05, 0.1) is 13.2 Å². The van der Waals surface area contributed by atoms with Gasteiger partial charge in [-0.1, -0.05) is 6.07 Å². The number of ether oxygens (including phenoxy) is 2. The SMILES string of the molecule is COc1ncccc1CCNC(=O)N[C@@H]1CCO[C@H]1c1ccncc1. The molecule has 2 aromatic heterocycles. The van der Waals surface area contributed by atoms with Crippen LogP contribution in [0.25, 0.3) is 0 Å². The molecule has 2 N–H and O–H groups in total. The van der Waals surface area contributed by atoms with E-state index < -0.39 is 0 Å². The number of aromatic nitrogens is 2. The second-order valence-corrected chi connectivity index (χ2v) is 5.79. The molecule has 0 aromatic carbocycles. The topological polar surface area (TPSA) is 85.4 Å². The molecule has 1 fully saturated rings. The average molecular weight is 342 g/mol. The summed E-state index contributed by atoms with van der Waals surface area (Å²) in [6.07, 6.45) is 6.45. The molecule has 0 radical (unpaired) electrons. The number of pyridine rings is 2. The summed E-state index contributed by atoms with van der Waals surface area (Å²) < 4.78 is 11.0. The van der Waals surface area contributed by atoms with E-state index in [1.54, 1.807) is 25.7 Å². The Morgan fingerprint density at radius 1 is 1.32 bits per heavy atom. The van der Waals surface area contributed by atoms with Crippen LogP contribution in [0.5, 0.6) is 5.88 Å². The summed E-state index contributed by atoms with van der Waals surface area (Å²) in [6, 6.07) is 7.38. The number of amides is 2. The fraction of sp³-hybridized carbons (Fsp3) is 0.389. The monoisotopic (exact) mass is 342 g/mol. The maximum atomic E-state index is 12.2. The van der Waals surface area contributed by atoms with Crippen molar-refractivity contribution in [2.75, 3.05) is 20.3 Å². The predicted molar refractivity (Wildman–Crippen MR) is 92.4 cm³/mol. The van der Waals surface area contributed by atoms with E-state index in [9.17, 15) is 4.79 Å². The lowest BCUT2D eigenvalue weighted by molar-refractivity contribution is 0.0999. The fourth-order valence-electron chi connectivity index (χ4n) is 2.95. The van der Waals surface area contributed by atoms with Crippen LogP contribution in [0.3, 0.4) is 0 Å². The summed E-state index contributed by atoms with van der Waals surface area (Å²) in [7, 11) is 1.59. The van der Waals surface area contributed by atoms with Crippen molar-refractivity contribution in [2.45, 2.75) is 25.0 Å². The van der Waals surface area contributed by atoms with Crippen LogP contribution in [0, 0.1) is 0 Å². The zero-order valence-electron chi connectivity index (χ0n) is 14.1. The summed E-state index contributed by atoms with van der Waals surface area (Å²) in [5.74, 6) is 0.589. The Balaban J connectivity index is 1.49. The van der Waals surface area contributed by atoms with Crippen molar-refractivity contribution in [2.24, 2.45) is 0 Å². The maximum Gasteiger partial charge on any atom is 0.315 e. The Labute approximate surface area is 146 Å². The minimum absolute atomic E-state index is 0.0460. The van der Waals surface area contributed by atoms with Crippen LogP contribution in [0.1, 0.15) is 23.7 Å². The van der Waals surface area contributed by atoms with Crippen LogP contribution in [-0.2, 0) is 11.2 Å². The number of nitrogens with one attached hydrogen (secondary N) is 2. The Morgan fingerprint density at radius 2 is 2.16 bits per heavy atom. The molecule has 0 spiro atoms. The number of hydrogen-bond donors (Lipinski definition) is 2. The molecular formula is C18H22N4O3. The van der Waals surface area contributed by atoms with E-state index in [-0.39, 0.29) is 18.2 Å². The van der Waals surface area contributed by atoms with Crippen molar-refractivity contribution in [1.29, 1.82) is 0 Å². The Hall–Kier alpha value is -2.67. The van der Waals surface area contributed by atoms with Crippen molar-refractivity contribution in [3.63, 3.8) is 0 Å². The van der Waals surface area contributed by atoms with Gasteiger partial charge in [0.15, 0.2) is 0 Å². The largest absolute Gasteiger partial charge is 0.481 e. The molecule has 7 nitrogen and oxygen atoms in total. The van der Waals surface area contributed by atoms with E-state index >= 15 is 0 Å². The van der Waals surface area contributed by atoms with Gasteiger partial charge in [-0.15, -0.1) is 0 Å². The second kappa shape index (κ2) is 8.43. The summed E-state index contributed by atoms with van der Waals surface area (Å²) in [6.45, 7) is 1.13. The third kappa shape index (κ3) is 4.45. The van der Waals surface area contributed by atoms with E-state index in [0.29, 0.717) is 25.5 Å². The number of carbonyl (C=O) groups is 1. The highest BCUT2D eigenvalue weighted by Crippen LogP contribution is 2.28. The Kier molecular flexibility index (Phi) is 5.79. The molecule has 2 atom stereocenters. The van der Waals surface area contributed by atoms with Gasteiger partial charge in [0.2, 0.25) is 5.88 Å². The van der Waals surface area contributed by atoms with Gasteiger partial charge < -0.3 is 20.1 Å². The summed E-state index contributed by atoms with van der Waals surface area (Å²) in [5.41, 5.74) is 1.99. The van der Waals surface area contributed by atoms with Gasteiger partial charge in [-0.2, -0.15) is 0 Å². The van der Waals surface area contributed by atoms with Gasteiger partial charge in [-0.3, -0.25) is 4.98 Å². The smallest absolute Gasteiger partial charge is 0.315 e. The maximum absolute atomic E-state index is 12.2. The highest BCUT2D eigenvalue weighted by atomic mass is 16.5. The molecule has 0 bridgehead atoms. The van der Waals surface area contributed by atoms with Crippen LogP contribution in [0.15, 0.2) is 42.9 Å². The lowest BCUT2D eigenvalue weighted by Crippen LogP contribution is -2.43. The zero-order valence-corrected chi connectivity index (χ0v) is 14.1. The highest BCUT2D eigenvalue weighted by molar-refractivity contribution is 5.74. The molecule has 3 heterocycles. The highest BCUT2D eigenvalue weighted by Gasteiger charge is 2.30. The van der Waals surface area contributed by atoms with Crippen molar-refractivity contribution >= 4 is 6.03 Å². The second-order valence-electron chi connectivity index (χ2n) is 5.79. The molecule has 1 aliphatic rings. The standard InChI is InChI=1S/C18H22N4O3/c1-24-17-14(3-2-8-20-17)6-11-21-18(23)22-15-7-12-25-16(15)13-4-9-19-10-5-13/h2-5,8-10,15-16H,6-7,11-12H2,1H3,(H2,21,22,23)/t15-,16+/m1/s1. The minimum atomic E-state index is -0.197. The van der Waals surface area contributed by atoms with Crippen molar-refractivity contribution in [1.82, 2.24) is 20.6 Å². The van der Waals surface area contributed by atoms with Crippen LogP contribution in [0.2, 0.25) is 0 Å². The first kappa shape index (κ1) is 17.2. The van der Waals surface area contributed by atoms with Crippen LogP contribution >= 0.6 is 0 Å². The number of carbonyl (C=O) groups excluding carboxylic acids is 1. The van der Waals surface area contributed by atoms with E-state index in [0.717, 1.165) is 17.5 Å². The molecule has 1 saturated heterocycles. The molecule has 0 saturated carbocycles. The lowest BCUT2D eigenvalue weighted by Gasteiger charge is -2.20. The quantitative estimate of drug-likeness (QED) is 0.837. The van der Waals surface area contributed by atoms with Gasteiger partial charge >= 0.3 is 6.03 Å². The minimum Gasteiger partial charge on any atom is -0.481 e. The molecule has 1 aliphatic heterocycles. The summed E-state index contributed by atoms with van der Waals surface area (Å²) >= 11 is 0. The summed E-state index contributed by atoms with van der Waals surface area (Å²) in [5, 5.41) is 5.88. The zero-order chi connectivity index (χ0) is 17.5. The third-order valence-corrected chi connectivity index (χ3v) is 4.17. The molecule has 3 rings (SSSR count). The van der Waals surface area contributed by atoms with E-state index in [1.807, 2.05) is 24.3 Å². The molecule has 25 heavy (non-hydrogen) atoms. The number of nitrogens with zero attached hydrogens (tertiary/aromatic N) is 2. The summed E-state index contributed by atoms with van der Waals surface area (Å²) in [4.78, 5) is 20.3. The number of hydrogen-bond acceptors (Lipinski definition) is 5. The number of urea groups is 1. The Bertz CT molecular complexity index is 696. The van der Waals surface area contributed by atoms with Crippen molar-refractivity contribution < 1.29 is 14.3 Å². The van der Waals surface area contributed by atoms with E-state index in [4.69, 9.17) is 9.47 Å². The van der Waals surface area contributed by atoms with E-state index in [2.05, 4.69) is 20.6 Å². The first-order chi connectivity index (χ1) is 12.3. The molecule has 2 aromatic rings. The van der Waals surface area contributed by atoms with Gasteiger partial charge in [0.25, 0.3) is 0 Å². The van der Waals surface area contributed by atoms with E-state index in [1.165, 1.54) is 0 Å². The predicted octanol–water partition coefficient (Wildman–Crippen LogP) is 1.86. The normalized spacial score (nSPS) is 19.4. The van der Waals surface area contributed by atoms with Crippen LogP contribution in [-0.4, -0.2) is 42.3 Å². The molecule has 7 heteroatoms.